The third kappa shape index (κ3) is 4.66. The molecule has 0 spiro atoms. The summed E-state index contributed by atoms with van der Waals surface area (Å²) in [6.45, 7) is 4.64. The molecule has 1 heterocycles. The van der Waals surface area contributed by atoms with Gasteiger partial charge in [0, 0.05) is 12.1 Å². The Morgan fingerprint density at radius 1 is 1.23 bits per heavy atom. The number of carbonyl (C=O) groups excluding carboxylic acids is 2. The maximum atomic E-state index is 12.9. The van der Waals surface area contributed by atoms with E-state index in [1.807, 2.05) is 4.72 Å². The minimum atomic E-state index is -4.15. The van der Waals surface area contributed by atoms with Crippen LogP contribution in [0.1, 0.15) is 19.4 Å². The Morgan fingerprint density at radius 3 is 2.45 bits per heavy atom. The molecule has 0 bridgehead atoms. The van der Waals surface area contributed by atoms with Crippen LogP contribution in [0.25, 0.3) is 0 Å². The molecule has 10 nitrogen and oxygen atoms in total. The van der Waals surface area contributed by atoms with Crippen LogP contribution in [-0.2, 0) is 19.6 Å². The number of anilines is 1. The maximum Gasteiger partial charge on any atom is 0.271 e. The van der Waals surface area contributed by atoms with E-state index >= 15 is 0 Å². The molecule has 0 fully saturated rings. The number of nitrogens with zero attached hydrogens (tertiary/aromatic N) is 2. The molecule has 0 radical (unpaired) electrons. The van der Waals surface area contributed by atoms with Crippen LogP contribution in [0.3, 0.4) is 0 Å². The fourth-order valence-electron chi connectivity index (χ4n) is 3.08. The van der Waals surface area contributed by atoms with Gasteiger partial charge in [0.05, 0.1) is 15.5 Å². The van der Waals surface area contributed by atoms with E-state index < -0.39 is 39.4 Å². The summed E-state index contributed by atoms with van der Waals surface area (Å²) in [5.74, 6) is -1.61. The van der Waals surface area contributed by atoms with E-state index in [0.29, 0.717) is 0 Å². The zero-order chi connectivity index (χ0) is 22.9. The van der Waals surface area contributed by atoms with E-state index in [1.165, 1.54) is 24.3 Å². The second-order valence-corrected chi connectivity index (χ2v) is 9.14. The summed E-state index contributed by atoms with van der Waals surface area (Å²) in [5, 5.41) is 11.1. The molecule has 1 atom stereocenters. The van der Waals surface area contributed by atoms with Crippen LogP contribution in [-0.4, -0.2) is 37.8 Å². The minimum Gasteiger partial charge on any atom is -0.478 e. The molecule has 11 heteroatoms. The zero-order valence-electron chi connectivity index (χ0n) is 17.1. The zero-order valence-corrected chi connectivity index (χ0v) is 17.9. The number of ether oxygens (including phenoxy) is 1. The lowest BCUT2D eigenvalue weighted by atomic mass is 10.0. The number of benzene rings is 2. The van der Waals surface area contributed by atoms with Crippen LogP contribution < -0.4 is 14.4 Å². The lowest BCUT2D eigenvalue weighted by Gasteiger charge is -2.35. The number of fused-ring (bicyclic) bond motifs is 1. The summed E-state index contributed by atoms with van der Waals surface area (Å²) in [5.41, 5.74) is 0.580. The molecule has 0 saturated carbocycles. The molecular formula is C20H21N3O7S. The van der Waals surface area contributed by atoms with Gasteiger partial charge in [-0.3, -0.25) is 24.6 Å². The van der Waals surface area contributed by atoms with Gasteiger partial charge in [0.25, 0.3) is 27.5 Å². The monoisotopic (exact) mass is 447 g/mol. The predicted octanol–water partition coefficient (Wildman–Crippen LogP) is 2.16. The maximum absolute atomic E-state index is 12.9. The van der Waals surface area contributed by atoms with Crippen molar-refractivity contribution in [3.05, 3.63) is 58.1 Å². The van der Waals surface area contributed by atoms with Crippen LogP contribution in [0.15, 0.2) is 47.4 Å². The van der Waals surface area contributed by atoms with Crippen LogP contribution in [0.4, 0.5) is 11.4 Å². The molecule has 0 saturated heterocycles. The van der Waals surface area contributed by atoms with Gasteiger partial charge in [-0.2, -0.15) is 0 Å². The number of rotatable bonds is 6. The highest BCUT2D eigenvalue weighted by atomic mass is 32.2. The average molecular weight is 447 g/mol. The van der Waals surface area contributed by atoms with E-state index in [1.54, 1.807) is 32.9 Å². The summed E-state index contributed by atoms with van der Waals surface area (Å²) in [6.07, 6.45) is -0.921. The lowest BCUT2D eigenvalue weighted by Crippen LogP contribution is -2.52. The molecule has 0 aromatic heterocycles. The van der Waals surface area contributed by atoms with E-state index in [2.05, 4.69) is 0 Å². The van der Waals surface area contributed by atoms with Gasteiger partial charge in [-0.1, -0.05) is 31.5 Å². The number of hydrogen-bond acceptors (Lipinski definition) is 7. The van der Waals surface area contributed by atoms with Crippen LogP contribution in [0.2, 0.25) is 0 Å². The largest absolute Gasteiger partial charge is 0.478 e. The first kappa shape index (κ1) is 22.2. The quantitative estimate of drug-likeness (QED) is 0.529. The van der Waals surface area contributed by atoms with Crippen molar-refractivity contribution in [1.82, 2.24) is 4.72 Å². The van der Waals surface area contributed by atoms with Crippen molar-refractivity contribution in [2.24, 2.45) is 5.92 Å². The number of non-ortho nitro benzene ring substituents is 1. The number of hydrogen-bond donors (Lipinski definition) is 1. The third-order valence-electron chi connectivity index (χ3n) is 4.69. The number of nitro groups is 1. The first-order valence-corrected chi connectivity index (χ1v) is 10.9. The molecule has 31 heavy (non-hydrogen) atoms. The topological polar surface area (TPSA) is 136 Å². The Hall–Kier alpha value is -3.47. The molecule has 1 aliphatic heterocycles. The highest BCUT2D eigenvalue weighted by Gasteiger charge is 2.38. The number of carbonyl (C=O) groups is 2. The highest BCUT2D eigenvalue weighted by molar-refractivity contribution is 7.90. The van der Waals surface area contributed by atoms with E-state index in [0.717, 1.165) is 16.5 Å². The summed E-state index contributed by atoms with van der Waals surface area (Å²) in [6, 6.07) is 9.60. The van der Waals surface area contributed by atoms with E-state index in [-0.39, 0.29) is 27.9 Å². The van der Waals surface area contributed by atoms with Gasteiger partial charge in [-0.05, 0) is 31.0 Å². The van der Waals surface area contributed by atoms with Gasteiger partial charge >= 0.3 is 0 Å². The normalized spacial score (nSPS) is 15.9. The van der Waals surface area contributed by atoms with Crippen LogP contribution in [0, 0.1) is 23.0 Å². The lowest BCUT2D eigenvalue weighted by molar-refractivity contribution is -0.384. The molecule has 1 N–H and O–H groups in total. The summed E-state index contributed by atoms with van der Waals surface area (Å²) in [7, 11) is -4.15. The second kappa shape index (κ2) is 8.34. The molecule has 2 aromatic carbocycles. The van der Waals surface area contributed by atoms with Gasteiger partial charge in [0.15, 0.2) is 6.10 Å². The van der Waals surface area contributed by atoms with Crippen molar-refractivity contribution >= 4 is 33.2 Å². The fraction of sp³-hybridized carbons (Fsp3) is 0.300. The predicted molar refractivity (Wildman–Crippen MR) is 111 cm³/mol. The molecule has 1 unspecified atom stereocenters. The molecule has 164 valence electrons. The Labute approximate surface area is 179 Å². The molecule has 2 amide bonds. The van der Waals surface area contributed by atoms with Crippen molar-refractivity contribution in [2.45, 2.75) is 31.8 Å². The highest BCUT2D eigenvalue weighted by Crippen LogP contribution is 2.38. The molecule has 1 aliphatic rings. The first-order chi connectivity index (χ1) is 14.5. The number of amides is 2. The molecule has 3 rings (SSSR count). The Morgan fingerprint density at radius 2 is 1.87 bits per heavy atom. The van der Waals surface area contributed by atoms with Crippen LogP contribution in [0.5, 0.6) is 5.75 Å². The van der Waals surface area contributed by atoms with Crippen molar-refractivity contribution < 1.29 is 27.7 Å². The summed E-state index contributed by atoms with van der Waals surface area (Å²) >= 11 is 0. The van der Waals surface area contributed by atoms with E-state index in [9.17, 15) is 28.1 Å². The Kier molecular flexibility index (Phi) is 5.98. The van der Waals surface area contributed by atoms with Gasteiger partial charge in [0.2, 0.25) is 0 Å². The Bertz CT molecular complexity index is 1140. The summed E-state index contributed by atoms with van der Waals surface area (Å²) < 4.78 is 32.6. The number of sulfonamides is 1. The molecule has 0 aliphatic carbocycles. The van der Waals surface area contributed by atoms with Crippen molar-refractivity contribution in [3.8, 4) is 5.75 Å². The number of nitrogens with one attached hydrogen (secondary N) is 1. The van der Waals surface area contributed by atoms with Gasteiger partial charge in [-0.25, -0.2) is 13.1 Å². The van der Waals surface area contributed by atoms with Crippen LogP contribution >= 0.6 is 0 Å². The van der Waals surface area contributed by atoms with Gasteiger partial charge in [-0.15, -0.1) is 0 Å². The minimum absolute atomic E-state index is 0.0268. The van der Waals surface area contributed by atoms with Crippen molar-refractivity contribution in [2.75, 3.05) is 11.4 Å². The summed E-state index contributed by atoms with van der Waals surface area (Å²) in [4.78, 5) is 36.9. The van der Waals surface area contributed by atoms with Gasteiger partial charge in [0.1, 0.15) is 12.3 Å². The SMILES string of the molecule is Cc1ccc(S(=O)(=O)NC(=O)CN2C(=O)C(C(C)C)Oc3ccc([N+](=O)[O-])cc32)cc1. The molecular weight excluding hydrogens is 426 g/mol. The third-order valence-corrected chi connectivity index (χ3v) is 6.08. The first-order valence-electron chi connectivity index (χ1n) is 9.38. The number of nitro benzene ring substituents is 1. The smallest absolute Gasteiger partial charge is 0.271 e. The fourth-order valence-corrected chi connectivity index (χ4v) is 4.05. The second-order valence-electron chi connectivity index (χ2n) is 7.46. The van der Waals surface area contributed by atoms with Gasteiger partial charge < -0.3 is 4.74 Å². The van der Waals surface area contributed by atoms with E-state index in [4.69, 9.17) is 4.74 Å². The van der Waals surface area contributed by atoms with Crippen molar-refractivity contribution in [1.29, 1.82) is 0 Å². The Balaban J connectivity index is 1.90. The van der Waals surface area contributed by atoms with Crippen molar-refractivity contribution in [3.63, 3.8) is 0 Å². The molecule has 2 aromatic rings. The average Bonchev–Trinajstić information content (AvgIpc) is 2.69. The standard InChI is InChI=1S/C20H21N3O7S/c1-12(2)19-20(25)22(16-10-14(23(26)27)6-9-17(16)30-19)11-18(24)21-31(28,29)15-7-4-13(3)5-8-15/h4-10,12,19H,11H2,1-3H3,(H,21,24). The number of aryl methyl sites for hydroxylation is 1.